The molecule has 192 valence electrons. The third kappa shape index (κ3) is 8.44. The number of ether oxygens (including phenoxy) is 3. The summed E-state index contributed by atoms with van der Waals surface area (Å²) in [6, 6.07) is 6.50. The second kappa shape index (κ2) is 12.1. The topological polar surface area (TPSA) is 61.1 Å². The molecule has 0 bridgehead atoms. The van der Waals surface area contributed by atoms with E-state index in [1.165, 1.54) is 0 Å². The van der Waals surface area contributed by atoms with Gasteiger partial charge in [0.2, 0.25) is 0 Å². The van der Waals surface area contributed by atoms with Gasteiger partial charge < -0.3 is 19.1 Å². The van der Waals surface area contributed by atoms with Gasteiger partial charge in [-0.15, -0.1) is 0 Å². The number of anilines is 1. The van der Waals surface area contributed by atoms with Crippen molar-refractivity contribution in [1.82, 2.24) is 14.6 Å². The molecule has 0 radical (unpaired) electrons. The minimum absolute atomic E-state index is 0.380. The van der Waals surface area contributed by atoms with Crippen LogP contribution < -0.4 is 4.90 Å². The molecule has 0 atom stereocenters. The number of methoxy groups -OCH3 is 1. The van der Waals surface area contributed by atoms with Crippen LogP contribution in [-0.2, 0) is 14.2 Å². The van der Waals surface area contributed by atoms with Crippen molar-refractivity contribution in [1.29, 1.82) is 0 Å². The molecule has 1 fully saturated rings. The van der Waals surface area contributed by atoms with Crippen LogP contribution in [0.5, 0.6) is 0 Å². The first-order chi connectivity index (χ1) is 16.1. The van der Waals surface area contributed by atoms with Crippen LogP contribution in [0.4, 0.5) is 5.82 Å². The van der Waals surface area contributed by atoms with Crippen LogP contribution in [0.1, 0.15) is 37.3 Å². The standard InChI is InChI=1S/C25H46N4O3Si2/c1-30-22-10-8-21(9-11-22)23-18-25(29-24(27-23)12-13-26-29)28(19-31-14-16-33(2,3)4)20-32-15-17-34(5,6)7/h12-13,18,21-22H,8-11,14-17,19-20H2,1-7H3. The van der Waals surface area contributed by atoms with Gasteiger partial charge in [-0.3, -0.25) is 0 Å². The summed E-state index contributed by atoms with van der Waals surface area (Å²) in [7, 11) is -0.463. The van der Waals surface area contributed by atoms with Crippen molar-refractivity contribution < 1.29 is 14.2 Å². The van der Waals surface area contributed by atoms with Crippen molar-refractivity contribution >= 4 is 27.6 Å². The van der Waals surface area contributed by atoms with Gasteiger partial charge in [0.05, 0.1) is 12.3 Å². The summed E-state index contributed by atoms with van der Waals surface area (Å²) in [6.07, 6.45) is 6.60. The van der Waals surface area contributed by atoms with Crippen LogP contribution in [-0.4, -0.2) is 70.6 Å². The van der Waals surface area contributed by atoms with Crippen molar-refractivity contribution in [3.8, 4) is 0 Å². The molecule has 0 N–H and O–H groups in total. The summed E-state index contributed by atoms with van der Waals surface area (Å²) < 4.78 is 19.9. The van der Waals surface area contributed by atoms with Crippen LogP contribution in [0, 0.1) is 0 Å². The number of fused-ring (bicyclic) bond motifs is 1. The molecule has 7 nitrogen and oxygen atoms in total. The van der Waals surface area contributed by atoms with E-state index in [0.717, 1.165) is 68.1 Å². The van der Waals surface area contributed by atoms with Gasteiger partial charge in [0, 0.05) is 60.2 Å². The highest BCUT2D eigenvalue weighted by molar-refractivity contribution is 6.76. The molecule has 0 saturated heterocycles. The van der Waals surface area contributed by atoms with Gasteiger partial charge >= 0.3 is 0 Å². The molecule has 0 aromatic carbocycles. The van der Waals surface area contributed by atoms with E-state index in [9.17, 15) is 0 Å². The predicted octanol–water partition coefficient (Wildman–Crippen LogP) is 5.83. The maximum Gasteiger partial charge on any atom is 0.157 e. The molecule has 9 heteroatoms. The molecule has 1 saturated carbocycles. The molecular weight excluding hydrogens is 460 g/mol. The van der Waals surface area contributed by atoms with Crippen LogP contribution in [0.3, 0.4) is 0 Å². The van der Waals surface area contributed by atoms with Gasteiger partial charge in [0.15, 0.2) is 5.65 Å². The Bertz CT molecular complexity index is 864. The van der Waals surface area contributed by atoms with Crippen LogP contribution >= 0.6 is 0 Å². The first-order valence-corrected chi connectivity index (χ1v) is 20.2. The Morgan fingerprint density at radius 1 is 0.941 bits per heavy atom. The predicted molar refractivity (Wildman–Crippen MR) is 145 cm³/mol. The highest BCUT2D eigenvalue weighted by Crippen LogP contribution is 2.34. The summed E-state index contributed by atoms with van der Waals surface area (Å²) in [5.41, 5.74) is 2.03. The average molecular weight is 507 g/mol. The molecule has 3 rings (SSSR count). The second-order valence-electron chi connectivity index (χ2n) is 12.1. The molecule has 2 aromatic rings. The Hall–Kier alpha value is -1.27. The zero-order valence-electron chi connectivity index (χ0n) is 22.5. The molecule has 0 unspecified atom stereocenters. The van der Waals surface area contributed by atoms with Crippen LogP contribution in [0.2, 0.25) is 51.4 Å². The van der Waals surface area contributed by atoms with E-state index >= 15 is 0 Å². The largest absolute Gasteiger partial charge is 0.381 e. The fraction of sp³-hybridized carbons (Fsp3) is 0.760. The molecule has 0 amide bonds. The quantitative estimate of drug-likeness (QED) is 0.193. The summed E-state index contributed by atoms with van der Waals surface area (Å²) in [5, 5.41) is 4.58. The SMILES string of the molecule is COC1CCC(c2cc(N(COCC[Si](C)(C)C)COCC[Si](C)(C)C)n3nccc3n2)CC1. The maximum atomic E-state index is 6.17. The Labute approximate surface area is 208 Å². The zero-order chi connectivity index (χ0) is 24.8. The summed E-state index contributed by atoms with van der Waals surface area (Å²) in [4.78, 5) is 7.15. The van der Waals surface area contributed by atoms with Gasteiger partial charge in [-0.2, -0.15) is 9.61 Å². The van der Waals surface area contributed by atoms with Crippen molar-refractivity contribution in [3.63, 3.8) is 0 Å². The number of hydrogen-bond acceptors (Lipinski definition) is 6. The Kier molecular flexibility index (Phi) is 9.74. The highest BCUT2D eigenvalue weighted by atomic mass is 28.3. The lowest BCUT2D eigenvalue weighted by Gasteiger charge is -2.29. The number of nitrogens with zero attached hydrogens (tertiary/aromatic N) is 4. The third-order valence-electron chi connectivity index (χ3n) is 6.60. The van der Waals surface area contributed by atoms with Crippen LogP contribution in [0.15, 0.2) is 18.3 Å². The number of hydrogen-bond donors (Lipinski definition) is 0. The van der Waals surface area contributed by atoms with Crippen molar-refractivity contribution in [3.05, 3.63) is 24.0 Å². The zero-order valence-corrected chi connectivity index (χ0v) is 24.5. The highest BCUT2D eigenvalue weighted by Gasteiger charge is 2.25. The van der Waals surface area contributed by atoms with Crippen molar-refractivity contribution in [2.24, 2.45) is 0 Å². The lowest BCUT2D eigenvalue weighted by Crippen LogP contribution is -2.33. The number of rotatable bonds is 13. The lowest BCUT2D eigenvalue weighted by atomic mass is 9.85. The second-order valence-corrected chi connectivity index (χ2v) is 23.3. The van der Waals surface area contributed by atoms with E-state index in [1.54, 1.807) is 0 Å². The van der Waals surface area contributed by atoms with Crippen molar-refractivity contribution in [2.45, 2.75) is 89.1 Å². The maximum absolute atomic E-state index is 6.17. The monoisotopic (exact) mass is 506 g/mol. The Morgan fingerprint density at radius 3 is 2.06 bits per heavy atom. The van der Waals surface area contributed by atoms with Gasteiger partial charge in [-0.25, -0.2) is 4.98 Å². The molecule has 0 aliphatic heterocycles. The van der Waals surface area contributed by atoms with E-state index in [0.29, 0.717) is 25.5 Å². The fourth-order valence-corrected chi connectivity index (χ4v) is 5.73. The van der Waals surface area contributed by atoms with Crippen LogP contribution in [0.25, 0.3) is 5.65 Å². The molecule has 2 aromatic heterocycles. The Balaban J connectivity index is 1.78. The van der Waals surface area contributed by atoms with Gasteiger partial charge in [0.25, 0.3) is 0 Å². The molecule has 34 heavy (non-hydrogen) atoms. The summed E-state index contributed by atoms with van der Waals surface area (Å²) in [5.74, 6) is 1.45. The molecule has 0 spiro atoms. The van der Waals surface area contributed by atoms with E-state index in [-0.39, 0.29) is 0 Å². The molecular formula is C25H46N4O3Si2. The van der Waals surface area contributed by atoms with E-state index in [4.69, 9.17) is 19.2 Å². The summed E-state index contributed by atoms with van der Waals surface area (Å²) >= 11 is 0. The first kappa shape index (κ1) is 27.3. The molecule has 1 aliphatic carbocycles. The van der Waals surface area contributed by atoms with E-state index in [2.05, 4.69) is 55.3 Å². The lowest BCUT2D eigenvalue weighted by molar-refractivity contribution is 0.0655. The normalized spacial score (nSPS) is 19.6. The average Bonchev–Trinajstić information content (AvgIpc) is 3.25. The van der Waals surface area contributed by atoms with E-state index < -0.39 is 16.1 Å². The fourth-order valence-electron chi connectivity index (χ4n) is 4.22. The van der Waals surface area contributed by atoms with Crippen molar-refractivity contribution in [2.75, 3.05) is 38.7 Å². The molecule has 2 heterocycles. The van der Waals surface area contributed by atoms with Gasteiger partial charge in [0.1, 0.15) is 19.3 Å². The van der Waals surface area contributed by atoms with Gasteiger partial charge in [-0.1, -0.05) is 39.3 Å². The van der Waals surface area contributed by atoms with Gasteiger partial charge in [-0.05, 0) is 37.8 Å². The summed E-state index contributed by atoms with van der Waals surface area (Å²) in [6.45, 7) is 16.8. The third-order valence-corrected chi connectivity index (χ3v) is 10.0. The smallest absolute Gasteiger partial charge is 0.157 e. The minimum Gasteiger partial charge on any atom is -0.381 e. The minimum atomic E-state index is -1.14. The first-order valence-electron chi connectivity index (χ1n) is 12.8. The van der Waals surface area contributed by atoms with E-state index in [1.807, 2.05) is 23.9 Å². The number of aromatic nitrogens is 3. The molecule has 1 aliphatic rings. The Morgan fingerprint density at radius 2 is 1.53 bits per heavy atom.